The number of hydrogen-bond acceptors (Lipinski definition) is 8. The van der Waals surface area contributed by atoms with Gasteiger partial charge < -0.3 is 24.3 Å². The van der Waals surface area contributed by atoms with Gasteiger partial charge >= 0.3 is 11.7 Å². The van der Waals surface area contributed by atoms with Crippen molar-refractivity contribution in [2.75, 3.05) is 11.9 Å². The third kappa shape index (κ3) is 4.92. The minimum absolute atomic E-state index is 0.0851. The SMILES string of the molecule is CC1(C)O[C@@H]2[C@@H](O1)[C@@H](n1ccc(NC(=O)c3ccccc3)nc1=O)O[C@@H]2COC(=O)c1ccccc1. The first-order valence-electron chi connectivity index (χ1n) is 11.5. The maximum Gasteiger partial charge on any atom is 0.351 e. The van der Waals surface area contributed by atoms with Crippen LogP contribution in [0.25, 0.3) is 0 Å². The van der Waals surface area contributed by atoms with E-state index in [1.54, 1.807) is 68.4 Å². The molecule has 3 aromatic rings. The van der Waals surface area contributed by atoms with E-state index in [-0.39, 0.29) is 18.3 Å². The zero-order valence-electron chi connectivity index (χ0n) is 19.7. The maximum atomic E-state index is 12.9. The molecule has 1 aromatic heterocycles. The van der Waals surface area contributed by atoms with Crippen molar-refractivity contribution >= 4 is 17.7 Å². The molecule has 2 aliphatic rings. The van der Waals surface area contributed by atoms with Crippen molar-refractivity contribution in [3.63, 3.8) is 0 Å². The number of ether oxygens (including phenoxy) is 4. The molecule has 10 heteroatoms. The van der Waals surface area contributed by atoms with Crippen molar-refractivity contribution in [3.8, 4) is 0 Å². The van der Waals surface area contributed by atoms with Crippen molar-refractivity contribution in [1.29, 1.82) is 0 Å². The molecule has 2 aromatic carbocycles. The second-order valence-electron chi connectivity index (χ2n) is 8.92. The van der Waals surface area contributed by atoms with Crippen molar-refractivity contribution in [1.82, 2.24) is 9.55 Å². The van der Waals surface area contributed by atoms with Gasteiger partial charge in [-0.2, -0.15) is 4.98 Å². The van der Waals surface area contributed by atoms with E-state index in [0.29, 0.717) is 11.1 Å². The van der Waals surface area contributed by atoms with Gasteiger partial charge in [0.15, 0.2) is 12.0 Å². The van der Waals surface area contributed by atoms with Crippen LogP contribution >= 0.6 is 0 Å². The Hall–Kier alpha value is -3.86. The zero-order chi connectivity index (χ0) is 25.3. The Balaban J connectivity index is 1.32. The van der Waals surface area contributed by atoms with E-state index in [2.05, 4.69) is 10.3 Å². The standard InChI is InChI=1S/C26H25N3O7/c1-26(2)35-20-18(15-33-24(31)17-11-7-4-8-12-17)34-23(21(20)36-26)29-14-13-19(28-25(29)32)27-22(30)16-9-5-3-6-10-16/h3-14,18,20-21,23H,15H2,1-2H3,(H,27,28,30,32)/t18-,20+,21-,23+/m1/s1. The predicted octanol–water partition coefficient (Wildman–Crippen LogP) is 2.77. The summed E-state index contributed by atoms with van der Waals surface area (Å²) in [6.07, 6.45) is -1.26. The van der Waals surface area contributed by atoms with E-state index in [1.807, 2.05) is 6.07 Å². The minimum atomic E-state index is -0.917. The molecule has 3 heterocycles. The smallest absolute Gasteiger partial charge is 0.351 e. The molecule has 36 heavy (non-hydrogen) atoms. The van der Waals surface area contributed by atoms with E-state index in [4.69, 9.17) is 18.9 Å². The van der Waals surface area contributed by atoms with Crippen LogP contribution in [0.5, 0.6) is 0 Å². The lowest BCUT2D eigenvalue weighted by Crippen LogP contribution is -2.35. The Morgan fingerprint density at radius 2 is 1.61 bits per heavy atom. The van der Waals surface area contributed by atoms with Crippen molar-refractivity contribution in [3.05, 3.63) is 94.5 Å². The fourth-order valence-electron chi connectivity index (χ4n) is 4.29. The van der Waals surface area contributed by atoms with E-state index in [1.165, 1.54) is 16.8 Å². The molecule has 2 aliphatic heterocycles. The van der Waals surface area contributed by atoms with Crippen LogP contribution in [-0.4, -0.2) is 52.1 Å². The number of amides is 1. The number of nitrogens with zero attached hydrogens (tertiary/aromatic N) is 2. The summed E-state index contributed by atoms with van der Waals surface area (Å²) < 4.78 is 24.8. The number of nitrogens with one attached hydrogen (secondary N) is 1. The highest BCUT2D eigenvalue weighted by molar-refractivity contribution is 6.03. The van der Waals surface area contributed by atoms with Gasteiger partial charge in [0.2, 0.25) is 0 Å². The maximum absolute atomic E-state index is 12.9. The van der Waals surface area contributed by atoms with Crippen LogP contribution in [-0.2, 0) is 18.9 Å². The summed E-state index contributed by atoms with van der Waals surface area (Å²) in [5, 5.41) is 2.62. The molecule has 0 bridgehead atoms. The largest absolute Gasteiger partial charge is 0.459 e. The molecule has 0 unspecified atom stereocenters. The summed E-state index contributed by atoms with van der Waals surface area (Å²) in [4.78, 5) is 41.7. The van der Waals surface area contributed by atoms with Crippen LogP contribution < -0.4 is 11.0 Å². The molecule has 10 nitrogen and oxygen atoms in total. The van der Waals surface area contributed by atoms with Gasteiger partial charge in [-0.25, -0.2) is 9.59 Å². The van der Waals surface area contributed by atoms with E-state index >= 15 is 0 Å². The van der Waals surface area contributed by atoms with Crippen LogP contribution in [0.1, 0.15) is 40.8 Å². The molecule has 0 aliphatic carbocycles. The zero-order valence-corrected chi connectivity index (χ0v) is 19.7. The van der Waals surface area contributed by atoms with Crippen molar-refractivity contribution in [2.45, 2.75) is 44.2 Å². The average Bonchev–Trinajstić information content (AvgIpc) is 3.36. The van der Waals surface area contributed by atoms with Gasteiger partial charge in [-0.05, 0) is 44.2 Å². The molecule has 0 radical (unpaired) electrons. The second-order valence-corrected chi connectivity index (χ2v) is 8.92. The fraction of sp³-hybridized carbons (Fsp3) is 0.308. The summed E-state index contributed by atoms with van der Waals surface area (Å²) in [7, 11) is 0. The first kappa shape index (κ1) is 23.9. The number of fused-ring (bicyclic) bond motifs is 1. The summed E-state index contributed by atoms with van der Waals surface area (Å²) in [6, 6.07) is 18.7. The molecule has 0 spiro atoms. The first-order valence-corrected chi connectivity index (χ1v) is 11.5. The predicted molar refractivity (Wildman–Crippen MR) is 127 cm³/mol. The molecule has 2 fully saturated rings. The van der Waals surface area contributed by atoms with Gasteiger partial charge in [-0.15, -0.1) is 0 Å². The van der Waals surface area contributed by atoms with Crippen LogP contribution in [0.4, 0.5) is 5.82 Å². The van der Waals surface area contributed by atoms with Gasteiger partial charge in [0.1, 0.15) is 30.7 Å². The molecule has 186 valence electrons. The van der Waals surface area contributed by atoms with Crippen molar-refractivity contribution < 1.29 is 28.5 Å². The summed E-state index contributed by atoms with van der Waals surface area (Å²) in [5.74, 6) is -1.68. The molecular weight excluding hydrogens is 466 g/mol. The van der Waals surface area contributed by atoms with Gasteiger partial charge in [0.05, 0.1) is 5.56 Å². The molecule has 5 rings (SSSR count). The van der Waals surface area contributed by atoms with Gasteiger partial charge in [-0.3, -0.25) is 9.36 Å². The number of benzene rings is 2. The lowest BCUT2D eigenvalue weighted by molar-refractivity contribution is -0.200. The molecule has 0 saturated carbocycles. The number of rotatable bonds is 6. The highest BCUT2D eigenvalue weighted by atomic mass is 16.8. The summed E-state index contributed by atoms with van der Waals surface area (Å²) in [6.45, 7) is 3.44. The minimum Gasteiger partial charge on any atom is -0.459 e. The number of aromatic nitrogens is 2. The van der Waals surface area contributed by atoms with Gasteiger partial charge in [-0.1, -0.05) is 36.4 Å². The molecule has 4 atom stereocenters. The van der Waals surface area contributed by atoms with Crippen LogP contribution in [0.2, 0.25) is 0 Å². The monoisotopic (exact) mass is 491 g/mol. The third-order valence-electron chi connectivity index (χ3n) is 5.90. The molecule has 2 saturated heterocycles. The normalized spacial score (nSPS) is 24.2. The Kier molecular flexibility index (Phi) is 6.40. The van der Waals surface area contributed by atoms with E-state index < -0.39 is 42.0 Å². The average molecular weight is 492 g/mol. The second kappa shape index (κ2) is 9.65. The lowest BCUT2D eigenvalue weighted by Gasteiger charge is -2.24. The number of hydrogen-bond donors (Lipinski definition) is 1. The molecule has 1 amide bonds. The highest BCUT2D eigenvalue weighted by Crippen LogP contribution is 2.42. The quantitative estimate of drug-likeness (QED) is 0.523. The van der Waals surface area contributed by atoms with E-state index in [9.17, 15) is 14.4 Å². The summed E-state index contributed by atoms with van der Waals surface area (Å²) >= 11 is 0. The number of carbonyl (C=O) groups is 2. The Morgan fingerprint density at radius 3 is 2.28 bits per heavy atom. The topological polar surface area (TPSA) is 118 Å². The van der Waals surface area contributed by atoms with Gasteiger partial charge in [0.25, 0.3) is 5.91 Å². The Morgan fingerprint density at radius 1 is 0.972 bits per heavy atom. The van der Waals surface area contributed by atoms with Crippen molar-refractivity contribution in [2.24, 2.45) is 0 Å². The molecule has 1 N–H and O–H groups in total. The third-order valence-corrected chi connectivity index (χ3v) is 5.90. The molecular formula is C26H25N3O7. The Labute approximate surface area is 206 Å². The number of anilines is 1. The van der Waals surface area contributed by atoms with Crippen LogP contribution in [0.15, 0.2) is 77.7 Å². The fourth-order valence-corrected chi connectivity index (χ4v) is 4.29. The number of esters is 1. The summed E-state index contributed by atoms with van der Waals surface area (Å²) in [5.41, 5.74) is 0.220. The lowest BCUT2D eigenvalue weighted by atomic mass is 10.1. The van der Waals surface area contributed by atoms with Crippen LogP contribution in [0.3, 0.4) is 0 Å². The van der Waals surface area contributed by atoms with Gasteiger partial charge in [0, 0.05) is 11.8 Å². The first-order chi connectivity index (χ1) is 17.3. The van der Waals surface area contributed by atoms with Crippen LogP contribution in [0, 0.1) is 0 Å². The Bertz CT molecular complexity index is 1310. The van der Waals surface area contributed by atoms with E-state index in [0.717, 1.165) is 0 Å². The number of carbonyl (C=O) groups excluding carboxylic acids is 2. The highest BCUT2D eigenvalue weighted by Gasteiger charge is 2.56.